The molecule has 0 amide bonds. The van der Waals surface area contributed by atoms with Crippen molar-refractivity contribution in [2.45, 2.75) is 66.2 Å². The van der Waals surface area contributed by atoms with Gasteiger partial charge >= 0.3 is 34.1 Å². The van der Waals surface area contributed by atoms with Crippen LogP contribution in [0.2, 0.25) is 0 Å². The van der Waals surface area contributed by atoms with Gasteiger partial charge in [0, 0.05) is 41.2 Å². The Kier molecular flexibility index (Phi) is 11.2. The fraction of sp³-hybridized carbons (Fsp3) is 0.238. The zero-order chi connectivity index (χ0) is 35.2. The molecule has 0 atom stereocenters. The quantitative estimate of drug-likeness (QED) is 0.146. The molecule has 5 heterocycles. The number of rotatable bonds is 0. The monoisotopic (exact) mass is 782 g/mol. The molecule has 52 heavy (non-hydrogen) atoms. The maximum absolute atomic E-state index is 4.94. The van der Waals surface area contributed by atoms with E-state index in [1.54, 1.807) is 24.8 Å². The first-order valence-electron chi connectivity index (χ1n) is 16.8. The predicted octanol–water partition coefficient (Wildman–Crippen LogP) is 9.51. The molecule has 8 bridgehead atoms. The molecule has 0 aliphatic carbocycles. The van der Waals surface area contributed by atoms with E-state index in [0.717, 1.165) is 90.6 Å². The molecule has 2 aromatic carbocycles. The third kappa shape index (κ3) is 7.71. The molecular formula is C42H40Cu2N8. The Hall–Kier alpha value is -4.72. The van der Waals surface area contributed by atoms with Gasteiger partial charge < -0.3 is 20.3 Å². The number of aryl methyl sites for hydroxylation is 4. The summed E-state index contributed by atoms with van der Waals surface area (Å²) in [5, 5.41) is 4.85. The molecule has 0 saturated heterocycles. The van der Waals surface area contributed by atoms with Gasteiger partial charge in [0.05, 0.1) is 11.4 Å². The fourth-order valence-electron chi connectivity index (χ4n) is 5.98. The van der Waals surface area contributed by atoms with Crippen LogP contribution in [0.3, 0.4) is 0 Å². The normalized spacial score (nSPS) is 16.8. The van der Waals surface area contributed by atoms with E-state index in [1.165, 1.54) is 0 Å². The minimum atomic E-state index is -0.430. The summed E-state index contributed by atoms with van der Waals surface area (Å²) >= 11 is 0. The number of hydrogen-bond acceptors (Lipinski definition) is 4. The Morgan fingerprint density at radius 2 is 0.923 bits per heavy atom. The van der Waals surface area contributed by atoms with Crippen LogP contribution in [-0.4, -0.2) is 24.4 Å². The predicted molar refractivity (Wildman–Crippen MR) is 206 cm³/mol. The summed E-state index contributed by atoms with van der Waals surface area (Å²) in [5.74, 6) is 0. The van der Waals surface area contributed by atoms with Crippen molar-refractivity contribution in [1.29, 1.82) is 0 Å². The molecule has 0 unspecified atom stereocenters. The zero-order valence-corrected chi connectivity index (χ0v) is 32.3. The van der Waals surface area contributed by atoms with E-state index >= 15 is 0 Å². The van der Waals surface area contributed by atoms with E-state index in [-0.39, 0.29) is 34.1 Å². The summed E-state index contributed by atoms with van der Waals surface area (Å²) in [5.41, 5.74) is 13.5. The first-order valence-corrected chi connectivity index (χ1v) is 16.8. The Morgan fingerprint density at radius 1 is 0.500 bits per heavy atom. The van der Waals surface area contributed by atoms with E-state index < -0.39 is 10.8 Å². The molecule has 0 saturated carbocycles. The van der Waals surface area contributed by atoms with Crippen molar-refractivity contribution in [2.75, 3.05) is 0 Å². The van der Waals surface area contributed by atoms with Crippen molar-refractivity contribution in [3.8, 4) is 0 Å². The molecule has 0 spiro atoms. The molecule has 3 aromatic heterocycles. The molecule has 2 radical (unpaired) electrons. The third-order valence-electron chi connectivity index (χ3n) is 9.73. The molecule has 0 N–H and O–H groups in total. The molecule has 270 valence electrons. The number of aromatic nitrogens is 3. The van der Waals surface area contributed by atoms with Crippen LogP contribution in [0.4, 0.5) is 22.7 Å². The summed E-state index contributed by atoms with van der Waals surface area (Å²) < 4.78 is 0. The first-order chi connectivity index (χ1) is 23.9. The number of hydrogen-bond donors (Lipinski definition) is 0. The third-order valence-corrected chi connectivity index (χ3v) is 9.73. The van der Waals surface area contributed by atoms with Gasteiger partial charge in [-0.05, 0) is 85.7 Å². The molecular weight excluding hydrogens is 744 g/mol. The molecule has 5 aromatic rings. The Labute approximate surface area is 327 Å². The SMILES string of the molecule is Cc1cc2c(cc1C)N=Cc1ccc([n-]1)C(C)(C)c1ccc([n-]1)C=Nc1cc(C)c(C)cc1[N-]/C=C1/C=CC(=N1)C(C)(C)c1ccc([n-]1)C=N2.[Cu+2].[Cu+2]. The molecule has 2 aliphatic heterocycles. The van der Waals surface area contributed by atoms with Crippen LogP contribution in [0, 0.1) is 27.7 Å². The average molecular weight is 784 g/mol. The Bertz CT molecular complexity index is 2300. The number of benzene rings is 2. The fourth-order valence-corrected chi connectivity index (χ4v) is 5.98. The minimum absolute atomic E-state index is 0. The Balaban J connectivity index is 0.00000261. The first kappa shape index (κ1) is 38.5. The Morgan fingerprint density at radius 3 is 1.42 bits per heavy atom. The van der Waals surface area contributed by atoms with Gasteiger partial charge in [0.25, 0.3) is 0 Å². The van der Waals surface area contributed by atoms with Crippen molar-refractivity contribution in [1.82, 2.24) is 15.0 Å². The summed E-state index contributed by atoms with van der Waals surface area (Å²) in [4.78, 5) is 34.3. The smallest absolute Gasteiger partial charge is 0.661 e. The van der Waals surface area contributed by atoms with E-state index in [1.807, 2.05) is 48.6 Å². The van der Waals surface area contributed by atoms with E-state index in [4.69, 9.17) is 40.2 Å². The van der Waals surface area contributed by atoms with Crippen molar-refractivity contribution < 1.29 is 34.1 Å². The van der Waals surface area contributed by atoms with Gasteiger partial charge in [-0.3, -0.25) is 20.0 Å². The number of aliphatic imine (C=N–C) groups is 4. The summed E-state index contributed by atoms with van der Waals surface area (Å²) in [6.45, 7) is 16.9. The van der Waals surface area contributed by atoms with Crippen LogP contribution in [0.25, 0.3) is 5.32 Å². The second kappa shape index (κ2) is 15.1. The van der Waals surface area contributed by atoms with Gasteiger partial charge in [0.15, 0.2) is 0 Å². The number of nitrogens with zero attached hydrogens (tertiary/aromatic N) is 8. The molecule has 8 nitrogen and oxygen atoms in total. The molecule has 7 rings (SSSR count). The standard InChI is InChI=1S/C42H40N8.2Cu/c1-25-17-33-34(18-26(25)2)44-22-30-10-14-38(48-30)42(7,8)40-16-12-32(50-40)24-46-36-20-28(4)27(3)19-35(36)45-23-31-11-15-39(49-31)41(5,6)37-13-9-29(47-37)21-43-33;;/h9-24H,1-8H3;;/q-4;2*+2/b29-21-,44-22?,45-23?,46-24?;;. The molecule has 0 fully saturated rings. The van der Waals surface area contributed by atoms with Gasteiger partial charge in [-0.1, -0.05) is 70.2 Å². The summed E-state index contributed by atoms with van der Waals surface area (Å²) in [6.07, 6.45) is 11.2. The summed E-state index contributed by atoms with van der Waals surface area (Å²) in [7, 11) is 0. The van der Waals surface area contributed by atoms with Gasteiger partial charge in [0.1, 0.15) is 0 Å². The van der Waals surface area contributed by atoms with Gasteiger partial charge in [-0.15, -0.1) is 34.7 Å². The summed E-state index contributed by atoms with van der Waals surface area (Å²) in [6, 6.07) is 20.4. The molecule has 10 heteroatoms. The van der Waals surface area contributed by atoms with Crippen molar-refractivity contribution in [3.63, 3.8) is 0 Å². The van der Waals surface area contributed by atoms with Crippen molar-refractivity contribution in [2.24, 2.45) is 20.0 Å². The second-order valence-electron chi connectivity index (χ2n) is 14.2. The van der Waals surface area contributed by atoms with Crippen LogP contribution >= 0.6 is 0 Å². The van der Waals surface area contributed by atoms with Crippen LogP contribution in [0.1, 0.15) is 84.1 Å². The minimum Gasteiger partial charge on any atom is -0.661 e. The van der Waals surface area contributed by atoms with Crippen LogP contribution in [-0.2, 0) is 45.0 Å². The average Bonchev–Trinajstić information content (AvgIpc) is 3.91. The second-order valence-corrected chi connectivity index (χ2v) is 14.2. The van der Waals surface area contributed by atoms with Crippen molar-refractivity contribution >= 4 is 47.1 Å². The van der Waals surface area contributed by atoms with Crippen LogP contribution in [0.15, 0.2) is 105 Å². The largest absolute Gasteiger partial charge is 2.00 e. The van der Waals surface area contributed by atoms with Gasteiger partial charge in [-0.2, -0.15) is 11.4 Å². The van der Waals surface area contributed by atoms with E-state index in [9.17, 15) is 0 Å². The maximum atomic E-state index is 4.94. The van der Waals surface area contributed by atoms with Crippen molar-refractivity contribution in [3.05, 3.63) is 146 Å². The van der Waals surface area contributed by atoms with E-state index in [2.05, 4.69) is 79.7 Å². The zero-order valence-electron chi connectivity index (χ0n) is 30.4. The molecule has 2 aliphatic rings. The van der Waals surface area contributed by atoms with E-state index in [0.29, 0.717) is 0 Å². The number of fused-ring (bicyclic) bond motifs is 9. The van der Waals surface area contributed by atoms with Gasteiger partial charge in [-0.25, -0.2) is 0 Å². The van der Waals surface area contributed by atoms with Crippen LogP contribution in [0.5, 0.6) is 0 Å². The van der Waals surface area contributed by atoms with Gasteiger partial charge in [0.2, 0.25) is 0 Å². The topological polar surface area (TPSA) is 106 Å². The maximum Gasteiger partial charge on any atom is 2.00 e. The number of allylic oxidation sites excluding steroid dienone is 2. The van der Waals surface area contributed by atoms with Crippen LogP contribution < -0.4 is 15.0 Å².